The van der Waals surface area contributed by atoms with Crippen LogP contribution in [0, 0.1) is 0 Å². The molecular formula is C20H25N3O. The Balaban J connectivity index is 1.69. The summed E-state index contributed by atoms with van der Waals surface area (Å²) in [5.41, 5.74) is 3.63. The van der Waals surface area contributed by atoms with E-state index in [1.807, 2.05) is 36.4 Å². The van der Waals surface area contributed by atoms with Crippen molar-refractivity contribution in [2.45, 2.75) is 51.9 Å². The SMILES string of the molecule is CCCCCCCCc1cc(-n2nc3ccccc3n2)ccc1O. The molecule has 0 aliphatic carbocycles. The first-order chi connectivity index (χ1) is 11.8. The molecule has 0 aliphatic heterocycles. The van der Waals surface area contributed by atoms with Crippen molar-refractivity contribution in [2.75, 3.05) is 0 Å². The summed E-state index contributed by atoms with van der Waals surface area (Å²) in [4.78, 5) is 1.65. The average Bonchev–Trinajstić information content (AvgIpc) is 3.03. The van der Waals surface area contributed by atoms with Crippen LogP contribution in [0.2, 0.25) is 0 Å². The molecule has 24 heavy (non-hydrogen) atoms. The summed E-state index contributed by atoms with van der Waals surface area (Å²) >= 11 is 0. The van der Waals surface area contributed by atoms with Gasteiger partial charge < -0.3 is 5.11 Å². The summed E-state index contributed by atoms with van der Waals surface area (Å²) in [5.74, 6) is 0.365. The fourth-order valence-corrected chi connectivity index (χ4v) is 2.97. The third kappa shape index (κ3) is 3.94. The fraction of sp³-hybridized carbons (Fsp3) is 0.400. The summed E-state index contributed by atoms with van der Waals surface area (Å²) in [6.07, 6.45) is 8.40. The molecular weight excluding hydrogens is 298 g/mol. The zero-order valence-corrected chi connectivity index (χ0v) is 14.3. The van der Waals surface area contributed by atoms with Gasteiger partial charge in [0.25, 0.3) is 0 Å². The number of hydrogen-bond donors (Lipinski definition) is 1. The maximum absolute atomic E-state index is 10.1. The summed E-state index contributed by atoms with van der Waals surface area (Å²) in [5, 5.41) is 19.1. The predicted molar refractivity (Wildman–Crippen MR) is 97.6 cm³/mol. The molecule has 3 aromatic rings. The van der Waals surface area contributed by atoms with Crippen molar-refractivity contribution in [1.29, 1.82) is 0 Å². The van der Waals surface area contributed by atoms with E-state index in [1.165, 1.54) is 32.1 Å². The second-order valence-electron chi connectivity index (χ2n) is 6.31. The highest BCUT2D eigenvalue weighted by atomic mass is 16.3. The highest BCUT2D eigenvalue weighted by Crippen LogP contribution is 2.23. The largest absolute Gasteiger partial charge is 0.508 e. The van der Waals surface area contributed by atoms with Crippen LogP contribution in [-0.2, 0) is 6.42 Å². The molecule has 1 aromatic heterocycles. The van der Waals surface area contributed by atoms with Crippen LogP contribution in [0.1, 0.15) is 51.0 Å². The molecule has 3 rings (SSSR count). The third-order valence-corrected chi connectivity index (χ3v) is 4.38. The first-order valence-electron chi connectivity index (χ1n) is 8.92. The molecule has 2 aromatic carbocycles. The van der Waals surface area contributed by atoms with E-state index in [4.69, 9.17) is 0 Å². The Morgan fingerprint density at radius 1 is 0.875 bits per heavy atom. The minimum Gasteiger partial charge on any atom is -0.508 e. The lowest BCUT2D eigenvalue weighted by Crippen LogP contribution is -2.00. The number of nitrogens with zero attached hydrogens (tertiary/aromatic N) is 3. The highest BCUT2D eigenvalue weighted by molar-refractivity contribution is 5.73. The Bertz CT molecular complexity index is 761. The predicted octanol–water partition coefficient (Wildman–Crippen LogP) is 5.03. The van der Waals surface area contributed by atoms with Gasteiger partial charge in [-0.05, 0) is 48.7 Å². The van der Waals surface area contributed by atoms with Gasteiger partial charge in [0.2, 0.25) is 0 Å². The molecule has 0 atom stereocenters. The standard InChI is InChI=1S/C20H25N3O/c1-2-3-4-5-6-7-10-16-15-17(13-14-20(16)24)23-21-18-11-8-9-12-19(18)22-23/h8-9,11-15,24H,2-7,10H2,1H3. The number of benzene rings is 2. The average molecular weight is 323 g/mol. The topological polar surface area (TPSA) is 50.9 Å². The molecule has 0 saturated heterocycles. The molecule has 4 heteroatoms. The summed E-state index contributed by atoms with van der Waals surface area (Å²) in [6, 6.07) is 13.4. The van der Waals surface area contributed by atoms with E-state index in [0.717, 1.165) is 35.1 Å². The van der Waals surface area contributed by atoms with Gasteiger partial charge in [-0.2, -0.15) is 4.80 Å². The molecule has 0 amide bonds. The molecule has 0 saturated carbocycles. The second kappa shape index (κ2) is 7.95. The smallest absolute Gasteiger partial charge is 0.118 e. The van der Waals surface area contributed by atoms with Crippen molar-refractivity contribution in [3.8, 4) is 11.4 Å². The van der Waals surface area contributed by atoms with E-state index in [-0.39, 0.29) is 0 Å². The second-order valence-corrected chi connectivity index (χ2v) is 6.31. The number of phenolic OH excluding ortho intramolecular Hbond substituents is 1. The molecule has 0 aliphatic rings. The molecule has 1 N–H and O–H groups in total. The number of aryl methyl sites for hydroxylation is 1. The van der Waals surface area contributed by atoms with Gasteiger partial charge in [-0.3, -0.25) is 0 Å². The van der Waals surface area contributed by atoms with Crippen LogP contribution in [0.4, 0.5) is 0 Å². The quantitative estimate of drug-likeness (QED) is 0.592. The van der Waals surface area contributed by atoms with Crippen LogP contribution in [0.3, 0.4) is 0 Å². The summed E-state index contributed by atoms with van der Waals surface area (Å²) < 4.78 is 0. The minimum atomic E-state index is 0.365. The van der Waals surface area contributed by atoms with E-state index in [9.17, 15) is 5.11 Å². The van der Waals surface area contributed by atoms with E-state index >= 15 is 0 Å². The van der Waals surface area contributed by atoms with Crippen molar-refractivity contribution in [3.63, 3.8) is 0 Å². The van der Waals surface area contributed by atoms with Crippen molar-refractivity contribution >= 4 is 11.0 Å². The number of aromatic nitrogens is 3. The number of phenols is 1. The molecule has 1 heterocycles. The van der Waals surface area contributed by atoms with Crippen LogP contribution >= 0.6 is 0 Å². The Kier molecular flexibility index (Phi) is 5.47. The Morgan fingerprint density at radius 3 is 2.25 bits per heavy atom. The molecule has 126 valence electrons. The number of rotatable bonds is 8. The Morgan fingerprint density at radius 2 is 1.54 bits per heavy atom. The molecule has 0 radical (unpaired) electrons. The van der Waals surface area contributed by atoms with E-state index in [2.05, 4.69) is 17.1 Å². The van der Waals surface area contributed by atoms with Gasteiger partial charge in [-0.15, -0.1) is 10.2 Å². The number of fused-ring (bicyclic) bond motifs is 1. The van der Waals surface area contributed by atoms with Crippen LogP contribution in [0.15, 0.2) is 42.5 Å². The lowest BCUT2D eigenvalue weighted by Gasteiger charge is -2.07. The summed E-state index contributed by atoms with van der Waals surface area (Å²) in [7, 11) is 0. The normalized spacial score (nSPS) is 11.2. The molecule has 4 nitrogen and oxygen atoms in total. The van der Waals surface area contributed by atoms with Crippen LogP contribution in [-0.4, -0.2) is 20.1 Å². The minimum absolute atomic E-state index is 0.365. The molecule has 0 fully saturated rings. The highest BCUT2D eigenvalue weighted by Gasteiger charge is 2.08. The zero-order valence-electron chi connectivity index (χ0n) is 14.3. The Hall–Kier alpha value is -2.36. The maximum Gasteiger partial charge on any atom is 0.118 e. The lowest BCUT2D eigenvalue weighted by molar-refractivity contribution is 0.465. The first-order valence-corrected chi connectivity index (χ1v) is 8.92. The molecule has 0 unspecified atom stereocenters. The monoisotopic (exact) mass is 323 g/mol. The third-order valence-electron chi connectivity index (χ3n) is 4.38. The van der Waals surface area contributed by atoms with Gasteiger partial charge in [-0.1, -0.05) is 51.2 Å². The number of aromatic hydroxyl groups is 1. The van der Waals surface area contributed by atoms with Gasteiger partial charge in [0, 0.05) is 0 Å². The van der Waals surface area contributed by atoms with Gasteiger partial charge in [0.15, 0.2) is 0 Å². The van der Waals surface area contributed by atoms with Gasteiger partial charge in [-0.25, -0.2) is 0 Å². The van der Waals surface area contributed by atoms with Crippen molar-refractivity contribution in [3.05, 3.63) is 48.0 Å². The van der Waals surface area contributed by atoms with E-state index in [1.54, 1.807) is 10.9 Å². The van der Waals surface area contributed by atoms with Crippen LogP contribution in [0.5, 0.6) is 5.75 Å². The van der Waals surface area contributed by atoms with Crippen LogP contribution < -0.4 is 0 Å². The fourth-order valence-electron chi connectivity index (χ4n) is 2.97. The number of unbranched alkanes of at least 4 members (excludes halogenated alkanes) is 5. The molecule has 0 bridgehead atoms. The van der Waals surface area contributed by atoms with Gasteiger partial charge in [0.1, 0.15) is 16.8 Å². The number of hydrogen-bond acceptors (Lipinski definition) is 3. The molecule has 0 spiro atoms. The van der Waals surface area contributed by atoms with E-state index in [0.29, 0.717) is 5.75 Å². The van der Waals surface area contributed by atoms with E-state index < -0.39 is 0 Å². The first kappa shape index (κ1) is 16.5. The van der Waals surface area contributed by atoms with Gasteiger partial charge in [0.05, 0.1) is 5.69 Å². The van der Waals surface area contributed by atoms with Crippen molar-refractivity contribution in [2.24, 2.45) is 0 Å². The zero-order chi connectivity index (χ0) is 16.8. The lowest BCUT2D eigenvalue weighted by atomic mass is 10.0. The van der Waals surface area contributed by atoms with Crippen molar-refractivity contribution in [1.82, 2.24) is 15.0 Å². The van der Waals surface area contributed by atoms with Crippen molar-refractivity contribution < 1.29 is 5.11 Å². The van der Waals surface area contributed by atoms with Crippen LogP contribution in [0.25, 0.3) is 16.7 Å². The van der Waals surface area contributed by atoms with Gasteiger partial charge >= 0.3 is 0 Å². The summed E-state index contributed by atoms with van der Waals surface area (Å²) in [6.45, 7) is 2.23. The Labute approximate surface area is 143 Å². The maximum atomic E-state index is 10.1.